The molecular weight excluding hydrogens is 420 g/mol. The number of hydrogen-bond acceptors (Lipinski definition) is 5. The number of aliphatic hydroxyl groups is 1. The fourth-order valence-corrected chi connectivity index (χ4v) is 4.10. The first-order chi connectivity index (χ1) is 15.6. The molecule has 0 fully saturated rings. The topological polar surface area (TPSA) is 90.9 Å². The highest BCUT2D eigenvalue weighted by Crippen LogP contribution is 2.26. The van der Waals surface area contributed by atoms with E-state index in [1.165, 1.54) is 5.56 Å². The molecule has 162 valence electrons. The number of rotatable bonds is 8. The van der Waals surface area contributed by atoms with Crippen LogP contribution in [0, 0.1) is 6.92 Å². The summed E-state index contributed by atoms with van der Waals surface area (Å²) in [7, 11) is 0. The molecule has 0 unspecified atom stereocenters. The number of benzene rings is 2. The summed E-state index contributed by atoms with van der Waals surface area (Å²) in [5.41, 5.74) is 5.00. The van der Waals surface area contributed by atoms with E-state index in [2.05, 4.69) is 27.4 Å². The molecular formula is C25H24N4O2S. The minimum absolute atomic E-state index is 0.184. The zero-order valence-electron chi connectivity index (χ0n) is 17.7. The van der Waals surface area contributed by atoms with Crippen molar-refractivity contribution in [2.45, 2.75) is 23.9 Å². The predicted octanol–water partition coefficient (Wildman–Crippen LogP) is 4.54. The zero-order chi connectivity index (χ0) is 22.3. The van der Waals surface area contributed by atoms with Crippen molar-refractivity contribution >= 4 is 17.7 Å². The highest BCUT2D eigenvalue weighted by Gasteiger charge is 2.17. The SMILES string of the molecule is Cc1cnc(SCc2ccccc2)nc1-c1c[nH]c(C(=O)N[C@H](CO)c2ccccc2)c1. The molecule has 0 aliphatic heterocycles. The summed E-state index contributed by atoms with van der Waals surface area (Å²) in [5.74, 6) is 0.496. The smallest absolute Gasteiger partial charge is 0.268 e. The first-order valence-corrected chi connectivity index (χ1v) is 11.3. The molecule has 4 rings (SSSR count). The van der Waals surface area contributed by atoms with Crippen LogP contribution in [0.15, 0.2) is 84.3 Å². The maximum Gasteiger partial charge on any atom is 0.268 e. The van der Waals surface area contributed by atoms with Crippen LogP contribution in [0.25, 0.3) is 11.3 Å². The number of aromatic nitrogens is 3. The standard InChI is InChI=1S/C25H24N4O2S/c1-17-13-27-25(32-16-18-8-4-2-5-9-18)29-23(17)20-12-21(26-14-20)24(31)28-22(15-30)19-10-6-3-7-11-19/h2-14,22,26,30H,15-16H2,1H3,(H,28,31)/t22-/m1/s1. The average molecular weight is 445 g/mol. The van der Waals surface area contributed by atoms with Crippen LogP contribution < -0.4 is 5.32 Å². The van der Waals surface area contributed by atoms with Gasteiger partial charge in [0.15, 0.2) is 5.16 Å². The summed E-state index contributed by atoms with van der Waals surface area (Å²) in [5, 5.41) is 13.3. The van der Waals surface area contributed by atoms with Crippen LogP contribution in [0.3, 0.4) is 0 Å². The van der Waals surface area contributed by atoms with E-state index in [1.54, 1.807) is 30.2 Å². The first-order valence-electron chi connectivity index (χ1n) is 10.3. The van der Waals surface area contributed by atoms with Gasteiger partial charge in [-0.2, -0.15) is 0 Å². The van der Waals surface area contributed by atoms with Gasteiger partial charge in [-0.1, -0.05) is 72.4 Å². The van der Waals surface area contributed by atoms with Crippen molar-refractivity contribution in [2.24, 2.45) is 0 Å². The Kier molecular flexibility index (Phi) is 6.99. The number of H-pyrrole nitrogens is 1. The normalized spacial score (nSPS) is 11.8. The zero-order valence-corrected chi connectivity index (χ0v) is 18.5. The maximum absolute atomic E-state index is 12.8. The monoisotopic (exact) mass is 444 g/mol. The largest absolute Gasteiger partial charge is 0.394 e. The molecule has 0 aliphatic rings. The fraction of sp³-hybridized carbons (Fsp3) is 0.160. The Labute approximate surface area is 191 Å². The summed E-state index contributed by atoms with van der Waals surface area (Å²) in [6.07, 6.45) is 3.58. The fourth-order valence-electron chi connectivity index (χ4n) is 3.33. The van der Waals surface area contributed by atoms with Gasteiger partial charge in [0.25, 0.3) is 5.91 Å². The third-order valence-electron chi connectivity index (χ3n) is 5.05. The van der Waals surface area contributed by atoms with Gasteiger partial charge in [-0.25, -0.2) is 9.97 Å². The number of aliphatic hydroxyl groups excluding tert-OH is 1. The van der Waals surface area contributed by atoms with Crippen LogP contribution in [0.5, 0.6) is 0 Å². The third kappa shape index (κ3) is 5.25. The minimum atomic E-state index is -0.475. The second-order valence-corrected chi connectivity index (χ2v) is 8.32. The Morgan fingerprint density at radius 1 is 1.12 bits per heavy atom. The van der Waals surface area contributed by atoms with Crippen LogP contribution in [0.4, 0.5) is 0 Å². The molecule has 0 aliphatic carbocycles. The van der Waals surface area contributed by atoms with Crippen molar-refractivity contribution < 1.29 is 9.90 Å². The Balaban J connectivity index is 1.48. The summed E-state index contributed by atoms with van der Waals surface area (Å²) in [6.45, 7) is 1.77. The van der Waals surface area contributed by atoms with E-state index in [1.807, 2.05) is 55.5 Å². The average Bonchev–Trinajstić information content (AvgIpc) is 3.33. The number of hydrogen-bond donors (Lipinski definition) is 3. The molecule has 6 nitrogen and oxygen atoms in total. The predicted molar refractivity (Wildman–Crippen MR) is 126 cm³/mol. The third-order valence-corrected chi connectivity index (χ3v) is 5.98. The molecule has 32 heavy (non-hydrogen) atoms. The van der Waals surface area contributed by atoms with Crippen LogP contribution in [0.1, 0.15) is 33.2 Å². The number of nitrogens with zero attached hydrogens (tertiary/aromatic N) is 2. The molecule has 0 bridgehead atoms. The number of aryl methyl sites for hydroxylation is 1. The van der Waals surface area contributed by atoms with Gasteiger partial charge >= 0.3 is 0 Å². The molecule has 2 aromatic heterocycles. The lowest BCUT2D eigenvalue weighted by Crippen LogP contribution is -2.30. The highest BCUT2D eigenvalue weighted by molar-refractivity contribution is 7.98. The molecule has 3 N–H and O–H groups in total. The Morgan fingerprint density at radius 2 is 1.84 bits per heavy atom. The van der Waals surface area contributed by atoms with E-state index in [9.17, 15) is 9.90 Å². The van der Waals surface area contributed by atoms with Crippen LogP contribution in [-0.4, -0.2) is 32.6 Å². The van der Waals surface area contributed by atoms with Crippen molar-refractivity contribution in [3.8, 4) is 11.3 Å². The molecule has 2 heterocycles. The molecule has 0 spiro atoms. The van der Waals surface area contributed by atoms with Gasteiger partial charge < -0.3 is 15.4 Å². The van der Waals surface area contributed by atoms with Crippen molar-refractivity contribution in [1.82, 2.24) is 20.3 Å². The number of amides is 1. The Morgan fingerprint density at radius 3 is 2.56 bits per heavy atom. The molecule has 0 radical (unpaired) electrons. The van der Waals surface area contributed by atoms with Gasteiger partial charge in [-0.3, -0.25) is 4.79 Å². The van der Waals surface area contributed by atoms with Gasteiger partial charge in [0, 0.05) is 23.7 Å². The van der Waals surface area contributed by atoms with E-state index in [0.29, 0.717) is 10.9 Å². The van der Waals surface area contributed by atoms with Crippen LogP contribution in [-0.2, 0) is 5.75 Å². The molecule has 4 aromatic rings. The summed E-state index contributed by atoms with van der Waals surface area (Å²) in [6, 6.07) is 20.9. The summed E-state index contributed by atoms with van der Waals surface area (Å²) >= 11 is 1.57. The molecule has 1 atom stereocenters. The number of aromatic amines is 1. The number of nitrogens with one attached hydrogen (secondary N) is 2. The lowest BCUT2D eigenvalue weighted by Gasteiger charge is -2.16. The number of carbonyl (C=O) groups is 1. The lowest BCUT2D eigenvalue weighted by atomic mass is 10.1. The summed E-state index contributed by atoms with van der Waals surface area (Å²) in [4.78, 5) is 24.9. The van der Waals surface area contributed by atoms with Crippen molar-refractivity contribution in [3.05, 3.63) is 102 Å². The maximum atomic E-state index is 12.8. The van der Waals surface area contributed by atoms with Crippen molar-refractivity contribution in [3.63, 3.8) is 0 Å². The van der Waals surface area contributed by atoms with E-state index in [0.717, 1.165) is 28.1 Å². The van der Waals surface area contributed by atoms with Gasteiger partial charge in [0.1, 0.15) is 5.69 Å². The van der Waals surface area contributed by atoms with Gasteiger partial charge in [-0.05, 0) is 29.7 Å². The van der Waals surface area contributed by atoms with Crippen molar-refractivity contribution in [1.29, 1.82) is 0 Å². The van der Waals surface area contributed by atoms with Crippen LogP contribution in [0.2, 0.25) is 0 Å². The second-order valence-electron chi connectivity index (χ2n) is 7.38. The minimum Gasteiger partial charge on any atom is -0.394 e. The number of carbonyl (C=O) groups excluding carboxylic acids is 1. The summed E-state index contributed by atoms with van der Waals surface area (Å²) < 4.78 is 0. The van der Waals surface area contributed by atoms with E-state index >= 15 is 0 Å². The van der Waals surface area contributed by atoms with E-state index < -0.39 is 6.04 Å². The molecule has 7 heteroatoms. The van der Waals surface area contributed by atoms with Crippen molar-refractivity contribution in [2.75, 3.05) is 6.61 Å². The van der Waals surface area contributed by atoms with Crippen LogP contribution >= 0.6 is 11.8 Å². The first kappa shape index (κ1) is 21.8. The highest BCUT2D eigenvalue weighted by atomic mass is 32.2. The Hall–Kier alpha value is -3.42. The molecule has 1 amide bonds. The Bertz CT molecular complexity index is 1180. The van der Waals surface area contributed by atoms with E-state index in [4.69, 9.17) is 4.98 Å². The van der Waals surface area contributed by atoms with Gasteiger partial charge in [-0.15, -0.1) is 0 Å². The number of thioether (sulfide) groups is 1. The van der Waals surface area contributed by atoms with Gasteiger partial charge in [0.05, 0.1) is 18.3 Å². The molecule has 0 saturated carbocycles. The molecule has 0 saturated heterocycles. The molecule has 2 aromatic carbocycles. The van der Waals surface area contributed by atoms with E-state index in [-0.39, 0.29) is 12.5 Å². The second kappa shape index (κ2) is 10.3. The lowest BCUT2D eigenvalue weighted by molar-refractivity contribution is 0.0912. The van der Waals surface area contributed by atoms with Gasteiger partial charge in [0.2, 0.25) is 0 Å². The quantitative estimate of drug-likeness (QED) is 0.274.